The first-order valence-electron chi connectivity index (χ1n) is 6.26. The Morgan fingerprint density at radius 1 is 1.12 bits per heavy atom. The van der Waals surface area contributed by atoms with E-state index in [2.05, 4.69) is 58.1 Å². The first-order chi connectivity index (χ1) is 7.44. The standard InChI is InChI=1S/C15H25N/c1-6-9-15(4,5)16-11-14-8-7-12(2)13(3)10-14/h7-8,10,16H,6,9,11H2,1-5H3. The second-order valence-corrected chi connectivity index (χ2v) is 5.41. The highest BCUT2D eigenvalue weighted by Crippen LogP contribution is 2.14. The van der Waals surface area contributed by atoms with Crippen molar-refractivity contribution in [3.8, 4) is 0 Å². The predicted molar refractivity (Wildman–Crippen MR) is 71.7 cm³/mol. The van der Waals surface area contributed by atoms with E-state index in [0.717, 1.165) is 6.54 Å². The Morgan fingerprint density at radius 3 is 2.38 bits per heavy atom. The lowest BCUT2D eigenvalue weighted by Crippen LogP contribution is -2.38. The number of hydrogen-bond acceptors (Lipinski definition) is 1. The van der Waals surface area contributed by atoms with E-state index in [1.807, 2.05) is 0 Å². The van der Waals surface area contributed by atoms with Gasteiger partial charge in [0.15, 0.2) is 0 Å². The van der Waals surface area contributed by atoms with E-state index in [1.165, 1.54) is 29.5 Å². The van der Waals surface area contributed by atoms with E-state index < -0.39 is 0 Å². The van der Waals surface area contributed by atoms with Crippen LogP contribution in [-0.2, 0) is 6.54 Å². The van der Waals surface area contributed by atoms with Gasteiger partial charge in [-0.05, 0) is 50.8 Å². The van der Waals surface area contributed by atoms with Gasteiger partial charge in [-0.2, -0.15) is 0 Å². The Labute approximate surface area is 100 Å². The van der Waals surface area contributed by atoms with Gasteiger partial charge in [0.1, 0.15) is 0 Å². The summed E-state index contributed by atoms with van der Waals surface area (Å²) < 4.78 is 0. The predicted octanol–water partition coefficient (Wildman–Crippen LogP) is 3.97. The van der Waals surface area contributed by atoms with Gasteiger partial charge in [0.05, 0.1) is 0 Å². The van der Waals surface area contributed by atoms with Crippen molar-refractivity contribution in [1.82, 2.24) is 5.32 Å². The summed E-state index contributed by atoms with van der Waals surface area (Å²) in [6, 6.07) is 6.71. The van der Waals surface area contributed by atoms with E-state index in [-0.39, 0.29) is 5.54 Å². The lowest BCUT2D eigenvalue weighted by Gasteiger charge is -2.26. The molecule has 1 aromatic rings. The minimum Gasteiger partial charge on any atom is -0.308 e. The number of nitrogens with one attached hydrogen (secondary N) is 1. The second-order valence-electron chi connectivity index (χ2n) is 5.41. The quantitative estimate of drug-likeness (QED) is 0.790. The van der Waals surface area contributed by atoms with Crippen LogP contribution in [0.25, 0.3) is 0 Å². The maximum atomic E-state index is 3.62. The molecule has 0 radical (unpaired) electrons. The molecule has 1 rings (SSSR count). The molecule has 0 atom stereocenters. The molecule has 1 aromatic carbocycles. The van der Waals surface area contributed by atoms with Crippen molar-refractivity contribution in [3.05, 3.63) is 34.9 Å². The van der Waals surface area contributed by atoms with Crippen LogP contribution >= 0.6 is 0 Å². The summed E-state index contributed by atoms with van der Waals surface area (Å²) in [5.41, 5.74) is 4.38. The van der Waals surface area contributed by atoms with Crippen LogP contribution in [0.4, 0.5) is 0 Å². The van der Waals surface area contributed by atoms with Gasteiger partial charge >= 0.3 is 0 Å². The largest absolute Gasteiger partial charge is 0.308 e. The normalized spacial score (nSPS) is 11.8. The summed E-state index contributed by atoms with van der Waals surface area (Å²) in [4.78, 5) is 0. The van der Waals surface area contributed by atoms with Crippen LogP contribution in [0.15, 0.2) is 18.2 Å². The summed E-state index contributed by atoms with van der Waals surface area (Å²) in [7, 11) is 0. The molecule has 0 fully saturated rings. The first-order valence-corrected chi connectivity index (χ1v) is 6.26. The van der Waals surface area contributed by atoms with Crippen LogP contribution < -0.4 is 5.32 Å². The third-order valence-corrected chi connectivity index (χ3v) is 3.22. The minimum atomic E-state index is 0.244. The van der Waals surface area contributed by atoms with E-state index in [1.54, 1.807) is 0 Å². The Morgan fingerprint density at radius 2 is 1.81 bits per heavy atom. The van der Waals surface area contributed by atoms with Crippen molar-refractivity contribution in [2.75, 3.05) is 0 Å². The zero-order chi connectivity index (χ0) is 12.2. The average Bonchev–Trinajstić information content (AvgIpc) is 2.20. The number of benzene rings is 1. The van der Waals surface area contributed by atoms with Crippen LogP contribution in [0, 0.1) is 13.8 Å². The van der Waals surface area contributed by atoms with Gasteiger partial charge < -0.3 is 5.32 Å². The van der Waals surface area contributed by atoms with Crippen molar-refractivity contribution < 1.29 is 0 Å². The van der Waals surface area contributed by atoms with Gasteiger partial charge in [0.25, 0.3) is 0 Å². The zero-order valence-corrected chi connectivity index (χ0v) is 11.4. The maximum absolute atomic E-state index is 3.62. The van der Waals surface area contributed by atoms with Gasteiger partial charge in [-0.1, -0.05) is 31.5 Å². The average molecular weight is 219 g/mol. The fraction of sp³-hybridized carbons (Fsp3) is 0.600. The summed E-state index contributed by atoms with van der Waals surface area (Å²) in [5, 5.41) is 3.62. The summed E-state index contributed by atoms with van der Waals surface area (Å²) in [6.45, 7) is 12.1. The van der Waals surface area contributed by atoms with Crippen LogP contribution in [0.2, 0.25) is 0 Å². The van der Waals surface area contributed by atoms with Crippen molar-refractivity contribution in [3.63, 3.8) is 0 Å². The molecular formula is C15H25N. The molecule has 0 aliphatic carbocycles. The number of rotatable bonds is 5. The molecule has 1 nitrogen and oxygen atoms in total. The number of hydrogen-bond donors (Lipinski definition) is 1. The topological polar surface area (TPSA) is 12.0 Å². The Bertz CT molecular complexity index is 339. The molecular weight excluding hydrogens is 194 g/mol. The highest BCUT2D eigenvalue weighted by atomic mass is 14.9. The first kappa shape index (κ1) is 13.2. The summed E-state index contributed by atoms with van der Waals surface area (Å²) >= 11 is 0. The van der Waals surface area contributed by atoms with Gasteiger partial charge in [-0.15, -0.1) is 0 Å². The molecule has 0 amide bonds. The molecule has 0 bridgehead atoms. The van der Waals surface area contributed by atoms with Gasteiger partial charge in [-0.3, -0.25) is 0 Å². The molecule has 0 aliphatic rings. The highest BCUT2D eigenvalue weighted by molar-refractivity contribution is 5.29. The molecule has 1 heteroatoms. The fourth-order valence-corrected chi connectivity index (χ4v) is 1.97. The smallest absolute Gasteiger partial charge is 0.0210 e. The van der Waals surface area contributed by atoms with E-state index in [4.69, 9.17) is 0 Å². The van der Waals surface area contributed by atoms with Crippen molar-refractivity contribution >= 4 is 0 Å². The molecule has 16 heavy (non-hydrogen) atoms. The molecule has 0 heterocycles. The fourth-order valence-electron chi connectivity index (χ4n) is 1.97. The maximum Gasteiger partial charge on any atom is 0.0210 e. The van der Waals surface area contributed by atoms with E-state index in [0.29, 0.717) is 0 Å². The van der Waals surface area contributed by atoms with Crippen LogP contribution in [0.1, 0.15) is 50.3 Å². The molecule has 0 aliphatic heterocycles. The molecule has 0 unspecified atom stereocenters. The molecule has 0 saturated carbocycles. The summed E-state index contributed by atoms with van der Waals surface area (Å²) in [5.74, 6) is 0. The molecule has 90 valence electrons. The minimum absolute atomic E-state index is 0.244. The SMILES string of the molecule is CCCC(C)(C)NCc1ccc(C)c(C)c1. The Balaban J connectivity index is 2.57. The van der Waals surface area contributed by atoms with Crippen molar-refractivity contribution in [1.29, 1.82) is 0 Å². The van der Waals surface area contributed by atoms with Crippen LogP contribution in [-0.4, -0.2) is 5.54 Å². The van der Waals surface area contributed by atoms with Crippen LogP contribution in [0.3, 0.4) is 0 Å². The van der Waals surface area contributed by atoms with Crippen molar-refractivity contribution in [2.45, 2.75) is 59.5 Å². The van der Waals surface area contributed by atoms with E-state index >= 15 is 0 Å². The Kier molecular flexibility index (Phi) is 4.55. The van der Waals surface area contributed by atoms with Crippen LogP contribution in [0.5, 0.6) is 0 Å². The second kappa shape index (κ2) is 5.49. The molecule has 1 N–H and O–H groups in total. The lowest BCUT2D eigenvalue weighted by atomic mass is 9.98. The van der Waals surface area contributed by atoms with Crippen molar-refractivity contribution in [2.24, 2.45) is 0 Å². The van der Waals surface area contributed by atoms with Gasteiger partial charge in [0, 0.05) is 12.1 Å². The molecule has 0 saturated heterocycles. The zero-order valence-electron chi connectivity index (χ0n) is 11.4. The lowest BCUT2D eigenvalue weighted by molar-refractivity contribution is 0.357. The highest BCUT2D eigenvalue weighted by Gasteiger charge is 2.14. The number of aryl methyl sites for hydroxylation is 2. The van der Waals surface area contributed by atoms with Gasteiger partial charge in [-0.25, -0.2) is 0 Å². The Hall–Kier alpha value is -0.820. The third-order valence-electron chi connectivity index (χ3n) is 3.22. The monoisotopic (exact) mass is 219 g/mol. The molecule has 0 spiro atoms. The van der Waals surface area contributed by atoms with Gasteiger partial charge in [0.2, 0.25) is 0 Å². The van der Waals surface area contributed by atoms with E-state index in [9.17, 15) is 0 Å². The summed E-state index contributed by atoms with van der Waals surface area (Å²) in [6.07, 6.45) is 2.45. The third kappa shape index (κ3) is 3.97. The molecule has 0 aromatic heterocycles.